The minimum atomic E-state index is -4.56. The topological polar surface area (TPSA) is 70.1 Å². The van der Waals surface area contributed by atoms with Crippen molar-refractivity contribution in [1.82, 2.24) is 9.97 Å². The zero-order valence-electron chi connectivity index (χ0n) is 12.5. The van der Waals surface area contributed by atoms with Gasteiger partial charge in [0.25, 0.3) is 0 Å². The molecule has 0 radical (unpaired) electrons. The molecule has 0 aromatic carbocycles. The molecule has 21 heavy (non-hydrogen) atoms. The molecule has 0 amide bonds. The third-order valence-corrected chi connectivity index (χ3v) is 2.77. The fourth-order valence-electron chi connectivity index (χ4n) is 1.62. The molecule has 0 saturated carbocycles. The van der Waals surface area contributed by atoms with Crippen LogP contribution in [0, 0.1) is 5.92 Å². The van der Waals surface area contributed by atoms with Crippen molar-refractivity contribution in [2.24, 2.45) is 5.92 Å². The highest BCUT2D eigenvalue weighted by Crippen LogP contribution is 2.30. The predicted octanol–water partition coefficient (Wildman–Crippen LogP) is 2.74. The summed E-state index contributed by atoms with van der Waals surface area (Å²) in [4.78, 5) is 7.50. The lowest BCUT2D eigenvalue weighted by Gasteiger charge is -2.21. The van der Waals surface area contributed by atoms with Crippen LogP contribution in [0.3, 0.4) is 0 Å². The van der Waals surface area contributed by atoms with Crippen molar-refractivity contribution in [2.75, 3.05) is 17.2 Å². The Morgan fingerprint density at radius 1 is 1.14 bits per heavy atom. The Labute approximate surface area is 122 Å². The third-order valence-electron chi connectivity index (χ3n) is 2.77. The maximum atomic E-state index is 12.9. The van der Waals surface area contributed by atoms with E-state index in [2.05, 4.69) is 20.6 Å². The van der Waals surface area contributed by atoms with Crippen LogP contribution >= 0.6 is 0 Å². The molecule has 1 rings (SSSR count). The Kier molecular flexibility index (Phi) is 5.77. The second-order valence-corrected chi connectivity index (χ2v) is 5.44. The van der Waals surface area contributed by atoms with E-state index in [9.17, 15) is 18.3 Å². The van der Waals surface area contributed by atoms with Crippen LogP contribution in [0.15, 0.2) is 6.07 Å². The zero-order valence-corrected chi connectivity index (χ0v) is 12.5. The lowest BCUT2D eigenvalue weighted by atomic mass is 10.1. The van der Waals surface area contributed by atoms with E-state index in [-0.39, 0.29) is 30.3 Å². The lowest BCUT2D eigenvalue weighted by molar-refractivity contribution is -0.141. The molecule has 0 aliphatic rings. The Balaban J connectivity index is 3.12. The van der Waals surface area contributed by atoms with Gasteiger partial charge in [0.1, 0.15) is 5.82 Å². The van der Waals surface area contributed by atoms with Crippen molar-refractivity contribution in [1.29, 1.82) is 0 Å². The van der Waals surface area contributed by atoms with Crippen LogP contribution in [-0.2, 0) is 6.18 Å². The largest absolute Gasteiger partial charge is 0.433 e. The van der Waals surface area contributed by atoms with Gasteiger partial charge in [-0.2, -0.15) is 18.2 Å². The number of nitrogens with one attached hydrogen (secondary N) is 2. The van der Waals surface area contributed by atoms with Crippen LogP contribution in [0.4, 0.5) is 24.9 Å². The van der Waals surface area contributed by atoms with Gasteiger partial charge < -0.3 is 15.7 Å². The Bertz CT molecular complexity index is 463. The molecular weight excluding hydrogens is 285 g/mol. The SMILES string of the molecule is CC(C)Nc1cc(C(F)(F)F)nc(N[C@H](CO)C(C)C)n1. The molecule has 1 aromatic heterocycles. The molecule has 8 heteroatoms. The highest BCUT2D eigenvalue weighted by Gasteiger charge is 2.34. The van der Waals surface area contributed by atoms with Crippen molar-refractivity contribution in [3.05, 3.63) is 11.8 Å². The summed E-state index contributed by atoms with van der Waals surface area (Å²) in [5.41, 5.74) is -1.02. The summed E-state index contributed by atoms with van der Waals surface area (Å²) in [6, 6.07) is 0.391. The van der Waals surface area contributed by atoms with E-state index in [0.717, 1.165) is 6.07 Å². The van der Waals surface area contributed by atoms with Gasteiger partial charge >= 0.3 is 6.18 Å². The maximum Gasteiger partial charge on any atom is 0.433 e. The quantitative estimate of drug-likeness (QED) is 0.754. The number of aliphatic hydroxyl groups excluding tert-OH is 1. The summed E-state index contributed by atoms with van der Waals surface area (Å²) in [6.45, 7) is 7.06. The average Bonchev–Trinajstić information content (AvgIpc) is 2.33. The van der Waals surface area contributed by atoms with Gasteiger partial charge in [-0.05, 0) is 19.8 Å². The van der Waals surface area contributed by atoms with Gasteiger partial charge in [-0.1, -0.05) is 13.8 Å². The van der Waals surface area contributed by atoms with E-state index >= 15 is 0 Å². The molecule has 1 atom stereocenters. The highest BCUT2D eigenvalue weighted by molar-refractivity contribution is 5.44. The lowest BCUT2D eigenvalue weighted by Crippen LogP contribution is -2.31. The monoisotopic (exact) mass is 306 g/mol. The first-order chi connectivity index (χ1) is 9.63. The highest BCUT2D eigenvalue weighted by atomic mass is 19.4. The minimum Gasteiger partial charge on any atom is -0.394 e. The molecule has 120 valence electrons. The Morgan fingerprint density at radius 2 is 1.76 bits per heavy atom. The van der Waals surface area contributed by atoms with Gasteiger partial charge in [-0.3, -0.25) is 0 Å². The molecule has 1 heterocycles. The molecule has 0 unspecified atom stereocenters. The van der Waals surface area contributed by atoms with Gasteiger partial charge in [0.2, 0.25) is 5.95 Å². The number of anilines is 2. The summed E-state index contributed by atoms with van der Waals surface area (Å²) in [7, 11) is 0. The standard InChI is InChI=1S/C13H21F3N4O/c1-7(2)9(6-21)18-12-19-10(13(14,15)16)5-11(20-12)17-8(3)4/h5,7-9,21H,6H2,1-4H3,(H2,17,18,19,20)/t9-/m1/s1. The predicted molar refractivity (Wildman–Crippen MR) is 75.1 cm³/mol. The van der Waals surface area contributed by atoms with E-state index in [4.69, 9.17) is 0 Å². The summed E-state index contributed by atoms with van der Waals surface area (Å²) in [5, 5.41) is 14.8. The number of halogens is 3. The molecule has 5 nitrogen and oxygen atoms in total. The smallest absolute Gasteiger partial charge is 0.394 e. The van der Waals surface area contributed by atoms with Gasteiger partial charge in [-0.15, -0.1) is 0 Å². The van der Waals surface area contributed by atoms with Gasteiger partial charge in [0, 0.05) is 12.1 Å². The van der Waals surface area contributed by atoms with Gasteiger partial charge in [0.05, 0.1) is 12.6 Å². The van der Waals surface area contributed by atoms with Crippen molar-refractivity contribution in [3.63, 3.8) is 0 Å². The van der Waals surface area contributed by atoms with Gasteiger partial charge in [0.15, 0.2) is 5.69 Å². The van der Waals surface area contributed by atoms with Crippen LogP contribution in [0.5, 0.6) is 0 Å². The third kappa shape index (κ3) is 5.37. The van der Waals surface area contributed by atoms with E-state index < -0.39 is 17.9 Å². The molecule has 0 saturated heterocycles. The molecule has 1 aromatic rings. The minimum absolute atomic E-state index is 0.0228. The van der Waals surface area contributed by atoms with E-state index in [0.29, 0.717) is 0 Å². The first-order valence-electron chi connectivity index (χ1n) is 6.73. The van der Waals surface area contributed by atoms with E-state index in [1.807, 2.05) is 13.8 Å². The average molecular weight is 306 g/mol. The Hall–Kier alpha value is -1.57. The van der Waals surface area contributed by atoms with Crippen molar-refractivity contribution < 1.29 is 18.3 Å². The fourth-order valence-corrected chi connectivity index (χ4v) is 1.62. The number of rotatable bonds is 6. The molecule has 3 N–H and O–H groups in total. The molecule has 0 bridgehead atoms. The number of nitrogens with zero attached hydrogens (tertiary/aromatic N) is 2. The number of hydrogen-bond donors (Lipinski definition) is 3. The number of aliphatic hydroxyl groups is 1. The molecule has 0 aliphatic heterocycles. The zero-order chi connectivity index (χ0) is 16.2. The van der Waals surface area contributed by atoms with Crippen LogP contribution in [0.2, 0.25) is 0 Å². The summed E-state index contributed by atoms with van der Waals surface area (Å²) < 4.78 is 38.6. The van der Waals surface area contributed by atoms with Crippen LogP contribution in [-0.4, -0.2) is 33.8 Å². The maximum absolute atomic E-state index is 12.9. The normalized spacial score (nSPS) is 13.6. The van der Waals surface area contributed by atoms with Crippen molar-refractivity contribution in [3.8, 4) is 0 Å². The van der Waals surface area contributed by atoms with E-state index in [1.165, 1.54) is 0 Å². The first-order valence-corrected chi connectivity index (χ1v) is 6.73. The summed E-state index contributed by atoms with van der Waals surface area (Å²) in [6.07, 6.45) is -4.56. The molecule has 0 spiro atoms. The van der Waals surface area contributed by atoms with Crippen molar-refractivity contribution in [2.45, 2.75) is 46.0 Å². The fraction of sp³-hybridized carbons (Fsp3) is 0.692. The number of aromatic nitrogens is 2. The van der Waals surface area contributed by atoms with Gasteiger partial charge in [-0.25, -0.2) is 4.98 Å². The molecular formula is C13H21F3N4O. The summed E-state index contributed by atoms with van der Waals surface area (Å²) in [5.74, 6) is -0.0364. The molecule has 0 aliphatic carbocycles. The van der Waals surface area contributed by atoms with Crippen LogP contribution in [0.25, 0.3) is 0 Å². The second-order valence-electron chi connectivity index (χ2n) is 5.44. The van der Waals surface area contributed by atoms with E-state index in [1.54, 1.807) is 13.8 Å². The van der Waals surface area contributed by atoms with Crippen LogP contribution < -0.4 is 10.6 Å². The second kappa shape index (κ2) is 6.93. The number of alkyl halides is 3. The first kappa shape index (κ1) is 17.5. The Morgan fingerprint density at radius 3 is 2.19 bits per heavy atom. The molecule has 0 fully saturated rings. The van der Waals surface area contributed by atoms with Crippen LogP contribution in [0.1, 0.15) is 33.4 Å². The summed E-state index contributed by atoms with van der Waals surface area (Å²) >= 11 is 0. The van der Waals surface area contributed by atoms with Crippen molar-refractivity contribution >= 4 is 11.8 Å². The number of hydrogen-bond acceptors (Lipinski definition) is 5.